The molecule has 0 radical (unpaired) electrons. The van der Waals surface area contributed by atoms with Crippen molar-refractivity contribution < 1.29 is 8.83 Å². The van der Waals surface area contributed by atoms with Gasteiger partial charge >= 0.3 is 0 Å². The quantitative estimate of drug-likeness (QED) is 0.172. The first-order valence-electron chi connectivity index (χ1n) is 28.8. The van der Waals surface area contributed by atoms with E-state index in [1.807, 2.05) is 12.5 Å². The second kappa shape index (κ2) is 14.5. The van der Waals surface area contributed by atoms with Crippen molar-refractivity contribution in [2.24, 2.45) is 0 Å². The van der Waals surface area contributed by atoms with Gasteiger partial charge in [0, 0.05) is 76.0 Å². The molecule has 8 heteroatoms. The van der Waals surface area contributed by atoms with Gasteiger partial charge in [0.25, 0.3) is 0 Å². The predicted octanol–water partition coefficient (Wildman–Crippen LogP) is 20.1. The third-order valence-corrected chi connectivity index (χ3v) is 19.3. The number of aromatic nitrogens is 6. The van der Waals surface area contributed by atoms with E-state index in [4.69, 9.17) is 8.83 Å². The molecule has 0 fully saturated rings. The van der Waals surface area contributed by atoms with Crippen molar-refractivity contribution >= 4 is 153 Å². The van der Waals surface area contributed by atoms with Crippen molar-refractivity contribution in [1.29, 1.82) is 0 Å². The van der Waals surface area contributed by atoms with Crippen molar-refractivity contribution in [1.82, 2.24) is 26.7 Å². The van der Waals surface area contributed by atoms with E-state index in [1.54, 1.807) is 0 Å². The molecule has 0 aliphatic rings. The highest BCUT2D eigenvalue weighted by Gasteiger charge is 2.33. The van der Waals surface area contributed by atoms with Crippen LogP contribution in [0.15, 0.2) is 252 Å². The molecule has 22 rings (SSSR count). The van der Waals surface area contributed by atoms with Gasteiger partial charge in [-0.1, -0.05) is 152 Å². The van der Waals surface area contributed by atoms with Gasteiger partial charge in [0.15, 0.2) is 11.2 Å². The monoisotopic (exact) mass is 1070 g/mol. The van der Waals surface area contributed by atoms with Crippen LogP contribution in [0.25, 0.3) is 198 Å². The minimum absolute atomic E-state index is 0.912. The summed E-state index contributed by atoms with van der Waals surface area (Å²) in [7, 11) is 0. The predicted molar refractivity (Wildman–Crippen MR) is 345 cm³/mol. The summed E-state index contributed by atoms with van der Waals surface area (Å²) in [6.07, 6.45) is 3.87. The number of hydrogen-bond donors (Lipinski definition) is 0. The Labute approximate surface area is 474 Å². The molecule has 386 valence electrons. The molecule has 0 saturated carbocycles. The zero-order valence-electron chi connectivity index (χ0n) is 44.6. The molecule has 0 N–H and O–H groups in total. The van der Waals surface area contributed by atoms with Crippen LogP contribution in [0.5, 0.6) is 0 Å². The van der Waals surface area contributed by atoms with Gasteiger partial charge in [0.05, 0.1) is 77.6 Å². The fourth-order valence-corrected chi connectivity index (χ4v) is 16.0. The summed E-state index contributed by atoms with van der Waals surface area (Å²) < 4.78 is 27.8. The summed E-state index contributed by atoms with van der Waals surface area (Å²) in [5.41, 5.74) is 27.7. The van der Waals surface area contributed by atoms with Crippen LogP contribution in [0.2, 0.25) is 0 Å². The first-order valence-corrected chi connectivity index (χ1v) is 28.8. The third-order valence-electron chi connectivity index (χ3n) is 19.3. The van der Waals surface area contributed by atoms with Gasteiger partial charge in [-0.3, -0.25) is 0 Å². The van der Waals surface area contributed by atoms with Crippen LogP contribution in [0.4, 0.5) is 0 Å². The number of nitrogens with zero attached hydrogens (tertiary/aromatic N) is 6. The Morgan fingerprint density at radius 1 is 0.226 bits per heavy atom. The average Bonchev–Trinajstić information content (AvgIpc) is 1.61. The lowest BCUT2D eigenvalue weighted by molar-refractivity contribution is 0.622. The fraction of sp³-hybridized carbons (Fsp3) is 0. The molecule has 0 saturated heterocycles. The number of para-hydroxylation sites is 5. The van der Waals surface area contributed by atoms with Crippen LogP contribution in [-0.4, -0.2) is 26.7 Å². The van der Waals surface area contributed by atoms with Crippen molar-refractivity contribution in [3.63, 3.8) is 0 Å². The molecule has 0 spiro atoms. The first-order chi connectivity index (χ1) is 41.7. The Morgan fingerprint density at radius 2 is 0.607 bits per heavy atom. The number of fused-ring (bicyclic) bond motifs is 24. The smallest absolute Gasteiger partial charge is 0.160 e. The molecular formula is C76H40N6O2. The van der Waals surface area contributed by atoms with Gasteiger partial charge in [-0.25, -0.2) is 0 Å². The van der Waals surface area contributed by atoms with Crippen molar-refractivity contribution in [3.05, 3.63) is 243 Å². The van der Waals surface area contributed by atoms with Crippen LogP contribution in [0, 0.1) is 0 Å². The molecule has 12 heterocycles. The van der Waals surface area contributed by atoms with E-state index in [-0.39, 0.29) is 0 Å². The summed E-state index contributed by atoms with van der Waals surface area (Å²) in [6, 6.07) is 85.3. The second-order valence-corrected chi connectivity index (χ2v) is 23.2. The van der Waals surface area contributed by atoms with Crippen LogP contribution < -0.4 is 0 Å². The standard InChI is InChI=1S/C76H40N6O2/c1-4-16-42(17-5-1)67-65-48-23-11-14-26-58(48)81-61-36-52-62(35-51(61)69(73(65)81)77(67)45-18-6-2-7-19-45)82-59-27-15-12-24-49(59)66-68(78(70(52)74(66)82)46-20-8-3-9-21-46)43-30-28-41(29-31-43)44-32-33-60-50(34-44)56-40-84-76-54-37-63-53(38-64(54)80(60)72(56)76)75-71-55(39-83-75)47-22-10-13-25-57(47)79(63)71/h1-40H. The van der Waals surface area contributed by atoms with Crippen LogP contribution in [0.1, 0.15) is 0 Å². The van der Waals surface area contributed by atoms with E-state index in [0.29, 0.717) is 0 Å². The van der Waals surface area contributed by atoms with E-state index in [9.17, 15) is 0 Å². The minimum Gasteiger partial charge on any atom is -0.461 e. The minimum atomic E-state index is 0.912. The number of furan rings is 2. The molecule has 0 unspecified atom stereocenters. The fourth-order valence-electron chi connectivity index (χ4n) is 16.0. The van der Waals surface area contributed by atoms with Crippen LogP contribution in [0.3, 0.4) is 0 Å². The number of rotatable bonds is 5. The third kappa shape index (κ3) is 4.80. The highest BCUT2D eigenvalue weighted by molar-refractivity contribution is 6.33. The molecule has 0 amide bonds. The Hall–Kier alpha value is -11.5. The van der Waals surface area contributed by atoms with Gasteiger partial charge in [0.1, 0.15) is 23.6 Å². The summed E-state index contributed by atoms with van der Waals surface area (Å²) >= 11 is 0. The van der Waals surface area contributed by atoms with Crippen molar-refractivity contribution in [2.45, 2.75) is 0 Å². The van der Waals surface area contributed by atoms with Crippen molar-refractivity contribution in [2.75, 3.05) is 0 Å². The highest BCUT2D eigenvalue weighted by atomic mass is 16.3. The average molecular weight is 1070 g/mol. The molecule has 84 heavy (non-hydrogen) atoms. The lowest BCUT2D eigenvalue weighted by atomic mass is 10.00. The van der Waals surface area contributed by atoms with Gasteiger partial charge in [-0.15, -0.1) is 0 Å². The molecule has 12 aromatic heterocycles. The maximum absolute atomic E-state index is 6.55. The van der Waals surface area contributed by atoms with Crippen LogP contribution >= 0.6 is 0 Å². The summed E-state index contributed by atoms with van der Waals surface area (Å²) in [6.45, 7) is 0. The van der Waals surface area contributed by atoms with E-state index in [1.165, 1.54) is 110 Å². The molecule has 0 aliphatic carbocycles. The Bertz CT molecular complexity index is 6560. The molecule has 10 aromatic carbocycles. The molecule has 8 nitrogen and oxygen atoms in total. The van der Waals surface area contributed by atoms with E-state index >= 15 is 0 Å². The SMILES string of the molecule is c1ccc(-c2c3c4ccccc4n4c5cc6c7c8c(c(-c9ccc(-c%10ccc%11c(c%10)c%10coc%12c%13cc%14c(cc%13n%11c%10%12)c%10occ%11c%12ccccc%12n%14c%11%10)cc9)n7-c7ccccc7)c7ccccc7n8c6cc5c(c34)n2-c2ccccc2)cc1. The summed E-state index contributed by atoms with van der Waals surface area (Å²) in [5.74, 6) is 0. The molecular weight excluding hydrogens is 1030 g/mol. The van der Waals surface area contributed by atoms with E-state index in [0.717, 1.165) is 88.4 Å². The highest BCUT2D eigenvalue weighted by Crippen LogP contribution is 2.53. The van der Waals surface area contributed by atoms with Crippen LogP contribution in [-0.2, 0) is 0 Å². The largest absolute Gasteiger partial charge is 0.461 e. The lowest BCUT2D eigenvalue weighted by Gasteiger charge is -2.13. The van der Waals surface area contributed by atoms with Gasteiger partial charge < -0.3 is 35.6 Å². The van der Waals surface area contributed by atoms with Gasteiger partial charge in [0.2, 0.25) is 0 Å². The van der Waals surface area contributed by atoms with Gasteiger partial charge in [-0.05, 0) is 101 Å². The summed E-state index contributed by atoms with van der Waals surface area (Å²) in [5, 5.41) is 14.3. The molecule has 22 aromatic rings. The van der Waals surface area contributed by atoms with Gasteiger partial charge in [-0.2, -0.15) is 0 Å². The first kappa shape index (κ1) is 42.4. The maximum Gasteiger partial charge on any atom is 0.160 e. The number of hydrogen-bond acceptors (Lipinski definition) is 2. The molecule has 0 aliphatic heterocycles. The summed E-state index contributed by atoms with van der Waals surface area (Å²) in [4.78, 5) is 0. The van der Waals surface area contributed by atoms with Crippen molar-refractivity contribution in [3.8, 4) is 45.0 Å². The Morgan fingerprint density at radius 3 is 1.14 bits per heavy atom. The second-order valence-electron chi connectivity index (χ2n) is 23.2. The number of benzene rings is 10. The molecule has 0 atom stereocenters. The topological polar surface area (TPSA) is 53.8 Å². The zero-order valence-corrected chi connectivity index (χ0v) is 44.6. The Balaban J connectivity index is 0.760. The maximum atomic E-state index is 6.55. The lowest BCUT2D eigenvalue weighted by Crippen LogP contribution is -1.97. The zero-order chi connectivity index (χ0) is 53.9. The van der Waals surface area contributed by atoms with E-state index < -0.39 is 0 Å². The Kier molecular flexibility index (Phi) is 7.33. The van der Waals surface area contributed by atoms with E-state index in [2.05, 4.69) is 257 Å². The molecule has 0 bridgehead atoms. The normalized spacial score (nSPS) is 13.0.